The molecule has 3 aromatic rings. The molecule has 124 valence electrons. The maximum atomic E-state index is 11.9. The molecule has 2 N–H and O–H groups in total. The van der Waals surface area contributed by atoms with Gasteiger partial charge in [0.15, 0.2) is 5.13 Å². The number of thiazole rings is 1. The third-order valence-corrected chi connectivity index (χ3v) is 4.07. The highest BCUT2D eigenvalue weighted by atomic mass is 32.1. The molecule has 3 aromatic heterocycles. The second-order valence-electron chi connectivity index (χ2n) is 4.96. The van der Waals surface area contributed by atoms with Crippen LogP contribution in [0.3, 0.4) is 0 Å². The van der Waals surface area contributed by atoms with Crippen molar-refractivity contribution >= 4 is 28.3 Å². The zero-order valence-corrected chi connectivity index (χ0v) is 13.7. The van der Waals surface area contributed by atoms with Crippen molar-refractivity contribution in [3.8, 4) is 11.3 Å². The Hall–Kier alpha value is -2.87. The number of aromatic amines is 1. The van der Waals surface area contributed by atoms with Crippen molar-refractivity contribution in [2.75, 3.05) is 12.4 Å². The highest BCUT2D eigenvalue weighted by molar-refractivity contribution is 7.14. The van der Waals surface area contributed by atoms with Crippen molar-refractivity contribution in [1.29, 1.82) is 0 Å². The minimum absolute atomic E-state index is 0.128. The van der Waals surface area contributed by atoms with Crippen LogP contribution >= 0.6 is 11.3 Å². The molecule has 0 aliphatic carbocycles. The van der Waals surface area contributed by atoms with E-state index in [0.717, 1.165) is 11.3 Å². The van der Waals surface area contributed by atoms with Crippen LogP contribution in [0.4, 0.5) is 5.13 Å². The molecule has 3 rings (SSSR count). The molecule has 3 heterocycles. The van der Waals surface area contributed by atoms with Crippen LogP contribution in [0.15, 0.2) is 40.5 Å². The molecule has 0 bridgehead atoms. The number of hydrogen-bond acceptors (Lipinski definition) is 6. The second-order valence-corrected chi connectivity index (χ2v) is 5.82. The molecule has 0 fully saturated rings. The SMILES string of the molecule is COC(=O)c1cc(-c2csc(NC(=O)CCc3ccco3)n2)c[nH]1. The molecule has 1 amide bonds. The number of methoxy groups -OCH3 is 1. The number of carbonyl (C=O) groups is 2. The summed E-state index contributed by atoms with van der Waals surface area (Å²) in [6.45, 7) is 0. The van der Waals surface area contributed by atoms with Crippen LogP contribution in [0.5, 0.6) is 0 Å². The fourth-order valence-corrected chi connectivity index (χ4v) is 2.84. The molecule has 0 saturated carbocycles. The summed E-state index contributed by atoms with van der Waals surface area (Å²) >= 11 is 1.32. The van der Waals surface area contributed by atoms with Crippen LogP contribution in [0, 0.1) is 0 Å². The van der Waals surface area contributed by atoms with E-state index >= 15 is 0 Å². The summed E-state index contributed by atoms with van der Waals surface area (Å²) in [7, 11) is 1.32. The van der Waals surface area contributed by atoms with Gasteiger partial charge in [-0.3, -0.25) is 4.79 Å². The zero-order valence-electron chi connectivity index (χ0n) is 12.9. The number of amides is 1. The van der Waals surface area contributed by atoms with Crippen LogP contribution in [-0.2, 0) is 16.0 Å². The number of H-pyrrole nitrogens is 1. The summed E-state index contributed by atoms with van der Waals surface area (Å²) in [6.07, 6.45) is 4.11. The van der Waals surface area contributed by atoms with Gasteiger partial charge in [0.25, 0.3) is 0 Å². The fourth-order valence-electron chi connectivity index (χ4n) is 2.11. The van der Waals surface area contributed by atoms with Crippen LogP contribution in [0.25, 0.3) is 11.3 Å². The van der Waals surface area contributed by atoms with Gasteiger partial charge in [-0.2, -0.15) is 0 Å². The number of carbonyl (C=O) groups excluding carboxylic acids is 2. The highest BCUT2D eigenvalue weighted by Crippen LogP contribution is 2.25. The standard InChI is InChI=1S/C16H15N3O4S/c1-22-15(21)12-7-10(8-17-12)13-9-24-16(18-13)19-14(20)5-4-11-3-2-6-23-11/h2-3,6-9,17H,4-5H2,1H3,(H,18,19,20). The van der Waals surface area contributed by atoms with Crippen molar-refractivity contribution in [3.05, 3.63) is 47.5 Å². The average Bonchev–Trinajstić information content (AvgIpc) is 3.32. The first-order valence-corrected chi connectivity index (χ1v) is 8.08. The van der Waals surface area contributed by atoms with E-state index in [4.69, 9.17) is 4.42 Å². The first-order valence-electron chi connectivity index (χ1n) is 7.20. The number of aromatic nitrogens is 2. The Morgan fingerprint density at radius 2 is 2.33 bits per heavy atom. The van der Waals surface area contributed by atoms with Gasteiger partial charge in [-0.25, -0.2) is 9.78 Å². The number of furan rings is 1. The van der Waals surface area contributed by atoms with Gasteiger partial charge < -0.3 is 19.5 Å². The molecule has 0 atom stereocenters. The van der Waals surface area contributed by atoms with Crippen LogP contribution in [-0.4, -0.2) is 29.0 Å². The maximum Gasteiger partial charge on any atom is 0.354 e. The van der Waals surface area contributed by atoms with E-state index in [9.17, 15) is 9.59 Å². The summed E-state index contributed by atoms with van der Waals surface area (Å²) in [4.78, 5) is 30.6. The molecule has 0 aromatic carbocycles. The number of aryl methyl sites for hydroxylation is 1. The van der Waals surface area contributed by atoms with Crippen LogP contribution < -0.4 is 5.32 Å². The number of hydrogen-bond donors (Lipinski definition) is 2. The summed E-state index contributed by atoms with van der Waals surface area (Å²) in [5.41, 5.74) is 1.78. The van der Waals surface area contributed by atoms with Crippen molar-refractivity contribution < 1.29 is 18.7 Å². The number of nitrogens with zero attached hydrogens (tertiary/aromatic N) is 1. The summed E-state index contributed by atoms with van der Waals surface area (Å²) < 4.78 is 9.84. The topological polar surface area (TPSA) is 97.2 Å². The largest absolute Gasteiger partial charge is 0.469 e. The summed E-state index contributed by atoms with van der Waals surface area (Å²) in [5.74, 6) is 0.201. The van der Waals surface area contributed by atoms with E-state index in [1.165, 1.54) is 18.4 Å². The molecule has 8 heteroatoms. The molecule has 0 saturated heterocycles. The molecule has 0 aliphatic rings. The van der Waals surface area contributed by atoms with Gasteiger partial charge >= 0.3 is 5.97 Å². The maximum absolute atomic E-state index is 11.9. The minimum Gasteiger partial charge on any atom is -0.469 e. The van der Waals surface area contributed by atoms with E-state index in [1.807, 2.05) is 11.4 Å². The van der Waals surface area contributed by atoms with Crippen LogP contribution in [0.1, 0.15) is 22.7 Å². The Kier molecular flexibility index (Phi) is 4.76. The average molecular weight is 345 g/mol. The normalized spacial score (nSPS) is 10.5. The number of anilines is 1. The van der Waals surface area contributed by atoms with Gasteiger partial charge in [-0.15, -0.1) is 11.3 Å². The molecule has 0 unspecified atom stereocenters. The molecule has 0 spiro atoms. The highest BCUT2D eigenvalue weighted by Gasteiger charge is 2.13. The number of ether oxygens (including phenoxy) is 1. The third kappa shape index (κ3) is 3.72. The molecular formula is C16H15N3O4S. The molecule has 7 nitrogen and oxygen atoms in total. The van der Waals surface area contributed by atoms with E-state index in [0.29, 0.717) is 29.4 Å². The Morgan fingerprint density at radius 1 is 1.46 bits per heavy atom. The van der Waals surface area contributed by atoms with Crippen molar-refractivity contribution in [2.24, 2.45) is 0 Å². The first-order chi connectivity index (χ1) is 11.7. The monoisotopic (exact) mass is 345 g/mol. The molecular weight excluding hydrogens is 330 g/mol. The minimum atomic E-state index is -0.442. The van der Waals surface area contributed by atoms with Gasteiger partial charge in [0, 0.05) is 30.0 Å². The molecule has 0 aliphatic heterocycles. The van der Waals surface area contributed by atoms with E-state index in [1.54, 1.807) is 24.6 Å². The van der Waals surface area contributed by atoms with E-state index in [-0.39, 0.29) is 5.91 Å². The number of rotatable bonds is 6. The Balaban J connectivity index is 1.59. The quantitative estimate of drug-likeness (QED) is 0.669. The lowest BCUT2D eigenvalue weighted by atomic mass is 10.2. The summed E-state index contributed by atoms with van der Waals surface area (Å²) in [6, 6.07) is 5.28. The third-order valence-electron chi connectivity index (χ3n) is 3.31. The second kappa shape index (κ2) is 7.14. The predicted molar refractivity (Wildman–Crippen MR) is 88.9 cm³/mol. The number of esters is 1. The lowest BCUT2D eigenvalue weighted by Crippen LogP contribution is -2.11. The first kappa shape index (κ1) is 16.0. The van der Waals surface area contributed by atoms with Crippen molar-refractivity contribution in [3.63, 3.8) is 0 Å². The van der Waals surface area contributed by atoms with Gasteiger partial charge in [0.2, 0.25) is 5.91 Å². The fraction of sp³-hybridized carbons (Fsp3) is 0.188. The molecule has 0 radical (unpaired) electrons. The van der Waals surface area contributed by atoms with Crippen LogP contribution in [0.2, 0.25) is 0 Å². The summed E-state index contributed by atoms with van der Waals surface area (Å²) in [5, 5.41) is 5.08. The predicted octanol–water partition coefficient (Wildman–Crippen LogP) is 3.09. The number of nitrogens with one attached hydrogen (secondary N) is 2. The van der Waals surface area contributed by atoms with Gasteiger partial charge in [-0.1, -0.05) is 0 Å². The van der Waals surface area contributed by atoms with Gasteiger partial charge in [0.1, 0.15) is 11.5 Å². The Bertz CT molecular complexity index is 835. The zero-order chi connectivity index (χ0) is 16.9. The Labute approximate surface area is 141 Å². The Morgan fingerprint density at radius 3 is 3.08 bits per heavy atom. The lowest BCUT2D eigenvalue weighted by molar-refractivity contribution is -0.116. The van der Waals surface area contributed by atoms with Crippen molar-refractivity contribution in [2.45, 2.75) is 12.8 Å². The van der Waals surface area contributed by atoms with Crippen molar-refractivity contribution in [1.82, 2.24) is 9.97 Å². The van der Waals surface area contributed by atoms with E-state index in [2.05, 4.69) is 20.0 Å². The van der Waals surface area contributed by atoms with E-state index < -0.39 is 5.97 Å². The van der Waals surface area contributed by atoms with Gasteiger partial charge in [0.05, 0.1) is 19.1 Å². The van der Waals surface area contributed by atoms with Gasteiger partial charge in [-0.05, 0) is 18.2 Å². The molecule has 24 heavy (non-hydrogen) atoms. The lowest BCUT2D eigenvalue weighted by Gasteiger charge is -1.99. The smallest absolute Gasteiger partial charge is 0.354 e.